The van der Waals surface area contributed by atoms with Gasteiger partial charge >= 0.3 is 12.1 Å². The summed E-state index contributed by atoms with van der Waals surface area (Å²) in [5.41, 5.74) is -0.494. The van der Waals surface area contributed by atoms with Crippen molar-refractivity contribution < 1.29 is 24.2 Å². The molecule has 0 aromatic rings. The van der Waals surface area contributed by atoms with Gasteiger partial charge in [0.1, 0.15) is 5.60 Å². The Morgan fingerprint density at radius 1 is 1.35 bits per heavy atom. The zero-order valence-electron chi connectivity index (χ0n) is 10.4. The van der Waals surface area contributed by atoms with Crippen LogP contribution >= 0.6 is 0 Å². The van der Waals surface area contributed by atoms with Crippen molar-refractivity contribution in [2.45, 2.75) is 38.9 Å². The Hall–Kier alpha value is -1.30. The SMILES string of the molecule is CC(C)(C)OC(=O)N1CC(OCCC(=O)O)C1. The molecular formula is C11H19NO5. The van der Waals surface area contributed by atoms with E-state index in [1.165, 1.54) is 4.90 Å². The van der Waals surface area contributed by atoms with Gasteiger partial charge in [-0.25, -0.2) is 4.79 Å². The van der Waals surface area contributed by atoms with Gasteiger partial charge in [-0.05, 0) is 20.8 Å². The highest BCUT2D eigenvalue weighted by Gasteiger charge is 2.34. The van der Waals surface area contributed by atoms with Gasteiger partial charge in [-0.2, -0.15) is 0 Å². The molecule has 0 unspecified atom stereocenters. The summed E-state index contributed by atoms with van der Waals surface area (Å²) in [4.78, 5) is 23.3. The van der Waals surface area contributed by atoms with Gasteiger partial charge < -0.3 is 19.5 Å². The molecule has 1 aliphatic rings. The van der Waals surface area contributed by atoms with E-state index < -0.39 is 11.6 Å². The summed E-state index contributed by atoms with van der Waals surface area (Å²) in [5.74, 6) is -0.881. The van der Waals surface area contributed by atoms with E-state index in [9.17, 15) is 9.59 Å². The van der Waals surface area contributed by atoms with E-state index in [1.54, 1.807) is 0 Å². The number of likely N-dealkylation sites (tertiary alicyclic amines) is 1. The highest BCUT2D eigenvalue weighted by molar-refractivity contribution is 5.69. The summed E-state index contributed by atoms with van der Waals surface area (Å²) in [6.45, 7) is 6.55. The van der Waals surface area contributed by atoms with Gasteiger partial charge in [0.05, 0.1) is 32.2 Å². The fraction of sp³-hybridized carbons (Fsp3) is 0.818. The zero-order valence-corrected chi connectivity index (χ0v) is 10.4. The Bertz CT molecular complexity index is 291. The van der Waals surface area contributed by atoms with Crippen LogP contribution in [0.25, 0.3) is 0 Å². The van der Waals surface area contributed by atoms with E-state index in [2.05, 4.69) is 0 Å². The summed E-state index contributed by atoms with van der Waals surface area (Å²) in [6, 6.07) is 0. The number of amides is 1. The minimum Gasteiger partial charge on any atom is -0.481 e. The number of carbonyl (C=O) groups excluding carboxylic acids is 1. The number of carbonyl (C=O) groups is 2. The highest BCUT2D eigenvalue weighted by Crippen LogP contribution is 2.17. The molecule has 0 saturated carbocycles. The van der Waals surface area contributed by atoms with Gasteiger partial charge in [0.15, 0.2) is 0 Å². The van der Waals surface area contributed by atoms with Gasteiger partial charge in [-0.3, -0.25) is 4.79 Å². The number of carboxylic acids is 1. The van der Waals surface area contributed by atoms with Crippen LogP contribution in [0.1, 0.15) is 27.2 Å². The van der Waals surface area contributed by atoms with Crippen LogP contribution in [-0.2, 0) is 14.3 Å². The molecule has 1 aliphatic heterocycles. The first-order valence-corrected chi connectivity index (χ1v) is 5.59. The molecule has 1 rings (SSSR count). The fourth-order valence-electron chi connectivity index (χ4n) is 1.33. The lowest BCUT2D eigenvalue weighted by Gasteiger charge is -2.39. The Morgan fingerprint density at radius 2 is 1.94 bits per heavy atom. The van der Waals surface area contributed by atoms with Crippen molar-refractivity contribution in [2.24, 2.45) is 0 Å². The number of aliphatic carboxylic acids is 1. The summed E-state index contributed by atoms with van der Waals surface area (Å²) < 4.78 is 10.4. The van der Waals surface area contributed by atoms with Crippen LogP contribution in [0.4, 0.5) is 4.79 Å². The van der Waals surface area contributed by atoms with Crippen LogP contribution in [0.15, 0.2) is 0 Å². The Kier molecular flexibility index (Phi) is 4.34. The minimum absolute atomic E-state index is 0.0110. The number of rotatable bonds is 4. The highest BCUT2D eigenvalue weighted by atomic mass is 16.6. The number of carboxylic acid groups (broad SMARTS) is 1. The maximum atomic E-state index is 11.5. The quantitative estimate of drug-likeness (QED) is 0.802. The van der Waals surface area contributed by atoms with Gasteiger partial charge in [-0.1, -0.05) is 0 Å². The maximum Gasteiger partial charge on any atom is 0.410 e. The third-order valence-electron chi connectivity index (χ3n) is 2.17. The second kappa shape index (κ2) is 5.35. The molecule has 0 bridgehead atoms. The molecule has 0 spiro atoms. The van der Waals surface area contributed by atoms with Gasteiger partial charge in [0.2, 0.25) is 0 Å². The van der Waals surface area contributed by atoms with E-state index in [4.69, 9.17) is 14.6 Å². The van der Waals surface area contributed by atoms with Gasteiger partial charge in [-0.15, -0.1) is 0 Å². The Labute approximate surface area is 100 Å². The molecule has 0 aliphatic carbocycles. The van der Waals surface area contributed by atoms with Crippen LogP contribution in [0.3, 0.4) is 0 Å². The molecule has 0 radical (unpaired) electrons. The molecule has 1 N–H and O–H groups in total. The first kappa shape index (κ1) is 13.8. The lowest BCUT2D eigenvalue weighted by atomic mass is 10.2. The predicted octanol–water partition coefficient (Wildman–Crippen LogP) is 1.10. The topological polar surface area (TPSA) is 76.1 Å². The Balaban J connectivity index is 2.14. The number of hydrogen-bond donors (Lipinski definition) is 1. The molecule has 0 atom stereocenters. The van der Waals surface area contributed by atoms with E-state index in [0.29, 0.717) is 13.1 Å². The predicted molar refractivity (Wildman–Crippen MR) is 59.8 cm³/mol. The summed E-state index contributed by atoms with van der Waals surface area (Å²) in [5, 5.41) is 8.42. The molecule has 6 nitrogen and oxygen atoms in total. The normalized spacial score (nSPS) is 16.5. The van der Waals surface area contributed by atoms with E-state index in [-0.39, 0.29) is 25.2 Å². The van der Waals surface area contributed by atoms with Crippen LogP contribution in [-0.4, -0.2) is 53.5 Å². The van der Waals surface area contributed by atoms with Crippen molar-refractivity contribution in [3.8, 4) is 0 Å². The fourth-order valence-corrected chi connectivity index (χ4v) is 1.33. The smallest absolute Gasteiger partial charge is 0.410 e. The lowest BCUT2D eigenvalue weighted by molar-refractivity contribution is -0.139. The standard InChI is InChI=1S/C11H19NO5/c1-11(2,3)17-10(15)12-6-8(7-12)16-5-4-9(13)14/h8H,4-7H2,1-3H3,(H,13,14). The monoisotopic (exact) mass is 245 g/mol. The third-order valence-corrected chi connectivity index (χ3v) is 2.17. The zero-order chi connectivity index (χ0) is 13.1. The molecule has 1 saturated heterocycles. The summed E-state index contributed by atoms with van der Waals surface area (Å²) in [7, 11) is 0. The molecule has 17 heavy (non-hydrogen) atoms. The van der Waals surface area contributed by atoms with Crippen molar-refractivity contribution >= 4 is 12.1 Å². The van der Waals surface area contributed by atoms with E-state index in [1.807, 2.05) is 20.8 Å². The van der Waals surface area contributed by atoms with Gasteiger partial charge in [0, 0.05) is 0 Å². The van der Waals surface area contributed by atoms with Crippen molar-refractivity contribution in [2.75, 3.05) is 19.7 Å². The molecule has 98 valence electrons. The van der Waals surface area contributed by atoms with Crippen molar-refractivity contribution in [3.05, 3.63) is 0 Å². The molecule has 1 fully saturated rings. The number of hydrogen-bond acceptors (Lipinski definition) is 4. The van der Waals surface area contributed by atoms with Crippen molar-refractivity contribution in [1.82, 2.24) is 4.90 Å². The average Bonchev–Trinajstić information content (AvgIpc) is 2.04. The first-order chi connectivity index (χ1) is 7.78. The van der Waals surface area contributed by atoms with Crippen molar-refractivity contribution in [3.63, 3.8) is 0 Å². The van der Waals surface area contributed by atoms with E-state index in [0.717, 1.165) is 0 Å². The minimum atomic E-state index is -0.881. The number of nitrogens with zero attached hydrogens (tertiary/aromatic N) is 1. The third kappa shape index (κ3) is 5.04. The van der Waals surface area contributed by atoms with E-state index >= 15 is 0 Å². The second-order valence-electron chi connectivity index (χ2n) is 5.02. The molecule has 1 heterocycles. The van der Waals surface area contributed by atoms with Crippen LogP contribution in [0.5, 0.6) is 0 Å². The van der Waals surface area contributed by atoms with Crippen LogP contribution in [0, 0.1) is 0 Å². The summed E-state index contributed by atoms with van der Waals surface area (Å²) in [6.07, 6.45) is -0.430. The average molecular weight is 245 g/mol. The van der Waals surface area contributed by atoms with Gasteiger partial charge in [0.25, 0.3) is 0 Å². The maximum absolute atomic E-state index is 11.5. The number of ether oxygens (including phenoxy) is 2. The molecule has 0 aromatic heterocycles. The van der Waals surface area contributed by atoms with Crippen LogP contribution < -0.4 is 0 Å². The largest absolute Gasteiger partial charge is 0.481 e. The molecule has 0 aromatic carbocycles. The first-order valence-electron chi connectivity index (χ1n) is 5.59. The second-order valence-corrected chi connectivity index (χ2v) is 5.02. The lowest BCUT2D eigenvalue weighted by Crippen LogP contribution is -2.56. The molecule has 1 amide bonds. The molecule has 6 heteroatoms. The summed E-state index contributed by atoms with van der Waals surface area (Å²) >= 11 is 0. The Morgan fingerprint density at radius 3 is 2.41 bits per heavy atom. The van der Waals surface area contributed by atoms with Crippen molar-refractivity contribution in [1.29, 1.82) is 0 Å². The molecular weight excluding hydrogens is 226 g/mol. The van der Waals surface area contributed by atoms with Crippen LogP contribution in [0.2, 0.25) is 0 Å².